The molecule has 0 bridgehead atoms. The van der Waals surface area contributed by atoms with Crippen molar-refractivity contribution in [2.75, 3.05) is 6.54 Å². The van der Waals surface area contributed by atoms with Gasteiger partial charge in [0.1, 0.15) is 16.7 Å². The molecule has 0 spiro atoms. The summed E-state index contributed by atoms with van der Waals surface area (Å²) in [5.74, 6) is 0. The monoisotopic (exact) mass is 279 g/mol. The van der Waals surface area contributed by atoms with Crippen LogP contribution in [0.5, 0.6) is 0 Å². The van der Waals surface area contributed by atoms with Crippen molar-refractivity contribution in [2.24, 2.45) is 0 Å². The summed E-state index contributed by atoms with van der Waals surface area (Å²) in [4.78, 5) is 3.87. The third-order valence-electron chi connectivity index (χ3n) is 2.48. The molecule has 1 aromatic rings. The van der Waals surface area contributed by atoms with Crippen LogP contribution >= 0.6 is 0 Å². The lowest BCUT2D eigenvalue weighted by atomic mass is 10.1. The van der Waals surface area contributed by atoms with Gasteiger partial charge < -0.3 is 0 Å². The number of nitrogens with zero attached hydrogens (tertiary/aromatic N) is 3. The molecule has 6 heteroatoms. The number of pyridine rings is 1. The number of rotatable bonds is 4. The topological polar surface area (TPSA) is 74.1 Å². The van der Waals surface area contributed by atoms with Gasteiger partial charge in [0.2, 0.25) is 10.0 Å². The SMILES string of the molecule is C=CCN(C(C)(C)C)S(=O)(=O)c1ccc(C#N)nc1. The van der Waals surface area contributed by atoms with Gasteiger partial charge in [-0.15, -0.1) is 6.58 Å². The fourth-order valence-electron chi connectivity index (χ4n) is 1.58. The zero-order valence-corrected chi connectivity index (χ0v) is 12.1. The Morgan fingerprint density at radius 3 is 2.47 bits per heavy atom. The molecule has 0 fully saturated rings. The molecule has 19 heavy (non-hydrogen) atoms. The van der Waals surface area contributed by atoms with Gasteiger partial charge in [0.25, 0.3) is 0 Å². The maximum atomic E-state index is 12.5. The van der Waals surface area contributed by atoms with Crippen molar-refractivity contribution in [2.45, 2.75) is 31.2 Å². The highest BCUT2D eigenvalue weighted by Gasteiger charge is 2.33. The molecule has 0 N–H and O–H groups in total. The fraction of sp³-hybridized carbons (Fsp3) is 0.385. The minimum atomic E-state index is -3.66. The van der Waals surface area contributed by atoms with E-state index in [1.807, 2.05) is 26.8 Å². The van der Waals surface area contributed by atoms with E-state index in [-0.39, 0.29) is 17.1 Å². The molecule has 5 nitrogen and oxygen atoms in total. The summed E-state index contributed by atoms with van der Waals surface area (Å²) < 4.78 is 26.4. The summed E-state index contributed by atoms with van der Waals surface area (Å²) in [7, 11) is -3.66. The lowest BCUT2D eigenvalue weighted by molar-refractivity contribution is 0.270. The Morgan fingerprint density at radius 1 is 1.47 bits per heavy atom. The fourth-order valence-corrected chi connectivity index (χ4v) is 3.28. The number of aromatic nitrogens is 1. The van der Waals surface area contributed by atoms with E-state index in [4.69, 9.17) is 5.26 Å². The molecule has 0 saturated carbocycles. The standard InChI is InChI=1S/C13H17N3O2S/c1-5-8-16(13(2,3)4)19(17,18)12-7-6-11(9-14)15-10-12/h5-7,10H,1,8H2,2-4H3. The van der Waals surface area contributed by atoms with Crippen LogP contribution in [0.25, 0.3) is 0 Å². The lowest BCUT2D eigenvalue weighted by Gasteiger charge is -2.33. The first-order valence-electron chi connectivity index (χ1n) is 5.73. The van der Waals surface area contributed by atoms with E-state index in [0.717, 1.165) is 0 Å². The Bertz CT molecular complexity index is 592. The predicted molar refractivity (Wildman–Crippen MR) is 72.8 cm³/mol. The molecule has 1 aromatic heterocycles. The molecule has 0 unspecified atom stereocenters. The van der Waals surface area contributed by atoms with Crippen molar-refractivity contribution in [3.05, 3.63) is 36.7 Å². The molecule has 1 heterocycles. The summed E-state index contributed by atoms with van der Waals surface area (Å²) in [6.07, 6.45) is 2.75. The third-order valence-corrected chi connectivity index (χ3v) is 4.60. The van der Waals surface area contributed by atoms with Crippen LogP contribution in [0, 0.1) is 11.3 Å². The molecule has 1 rings (SSSR count). The zero-order chi connectivity index (χ0) is 14.7. The molecular weight excluding hydrogens is 262 g/mol. The summed E-state index contributed by atoms with van der Waals surface area (Å²) in [6, 6.07) is 4.64. The molecule has 0 saturated heterocycles. The van der Waals surface area contributed by atoms with Gasteiger partial charge in [-0.1, -0.05) is 6.08 Å². The van der Waals surface area contributed by atoms with Crippen LogP contribution < -0.4 is 0 Å². The smallest absolute Gasteiger partial charge is 0.244 e. The Morgan fingerprint density at radius 2 is 2.11 bits per heavy atom. The number of hydrogen-bond acceptors (Lipinski definition) is 4. The summed E-state index contributed by atoms with van der Waals surface area (Å²) >= 11 is 0. The van der Waals surface area contributed by atoms with Crippen LogP contribution in [0.2, 0.25) is 0 Å². The lowest BCUT2D eigenvalue weighted by Crippen LogP contribution is -2.45. The Kier molecular flexibility index (Phi) is 4.45. The molecule has 102 valence electrons. The van der Waals surface area contributed by atoms with Gasteiger partial charge in [0, 0.05) is 18.3 Å². The molecule has 0 aliphatic heterocycles. The van der Waals surface area contributed by atoms with Gasteiger partial charge in [-0.2, -0.15) is 9.57 Å². The molecule has 0 atom stereocenters. The third kappa shape index (κ3) is 3.40. The highest BCUT2D eigenvalue weighted by Crippen LogP contribution is 2.23. The van der Waals surface area contributed by atoms with E-state index >= 15 is 0 Å². The average Bonchev–Trinajstić information content (AvgIpc) is 2.34. The Labute approximate surface area is 114 Å². The van der Waals surface area contributed by atoms with Crippen molar-refractivity contribution in [3.8, 4) is 6.07 Å². The highest BCUT2D eigenvalue weighted by atomic mass is 32.2. The van der Waals surface area contributed by atoms with E-state index in [2.05, 4.69) is 11.6 Å². The van der Waals surface area contributed by atoms with Crippen molar-refractivity contribution < 1.29 is 8.42 Å². The predicted octanol–water partition coefficient (Wildman–Crippen LogP) is 1.93. The maximum Gasteiger partial charge on any atom is 0.245 e. The highest BCUT2D eigenvalue weighted by molar-refractivity contribution is 7.89. The quantitative estimate of drug-likeness (QED) is 0.789. The molecule has 0 amide bonds. The molecule has 0 radical (unpaired) electrons. The van der Waals surface area contributed by atoms with Gasteiger partial charge in [-0.05, 0) is 32.9 Å². The minimum absolute atomic E-state index is 0.0725. The van der Waals surface area contributed by atoms with E-state index < -0.39 is 15.6 Å². The first kappa shape index (κ1) is 15.3. The van der Waals surface area contributed by atoms with Gasteiger partial charge in [-0.3, -0.25) is 0 Å². The van der Waals surface area contributed by atoms with Gasteiger partial charge in [-0.25, -0.2) is 13.4 Å². The van der Waals surface area contributed by atoms with Crippen molar-refractivity contribution >= 4 is 10.0 Å². The van der Waals surface area contributed by atoms with Crippen molar-refractivity contribution in [1.29, 1.82) is 5.26 Å². The average molecular weight is 279 g/mol. The van der Waals surface area contributed by atoms with Gasteiger partial charge in [0.05, 0.1) is 0 Å². The second-order valence-electron chi connectivity index (χ2n) is 4.99. The van der Waals surface area contributed by atoms with Crippen LogP contribution in [-0.4, -0.2) is 29.8 Å². The molecule has 0 aromatic carbocycles. The van der Waals surface area contributed by atoms with E-state index in [9.17, 15) is 8.42 Å². The van der Waals surface area contributed by atoms with E-state index in [1.165, 1.54) is 22.6 Å². The van der Waals surface area contributed by atoms with E-state index in [1.54, 1.807) is 6.08 Å². The largest absolute Gasteiger partial charge is 0.245 e. The van der Waals surface area contributed by atoms with Crippen molar-refractivity contribution in [3.63, 3.8) is 0 Å². The number of hydrogen-bond donors (Lipinski definition) is 0. The Balaban J connectivity index is 3.27. The summed E-state index contributed by atoms with van der Waals surface area (Å²) in [5.41, 5.74) is -0.383. The Hall–Kier alpha value is -1.71. The van der Waals surface area contributed by atoms with Crippen LogP contribution in [0.15, 0.2) is 35.9 Å². The zero-order valence-electron chi connectivity index (χ0n) is 11.3. The first-order valence-corrected chi connectivity index (χ1v) is 7.17. The second-order valence-corrected chi connectivity index (χ2v) is 6.85. The number of nitriles is 1. The minimum Gasteiger partial charge on any atom is -0.244 e. The first-order chi connectivity index (χ1) is 8.73. The van der Waals surface area contributed by atoms with E-state index in [0.29, 0.717) is 0 Å². The molecule has 0 aliphatic rings. The summed E-state index contributed by atoms with van der Waals surface area (Å²) in [6.45, 7) is 9.23. The molecule has 0 aliphatic carbocycles. The van der Waals surface area contributed by atoms with Gasteiger partial charge >= 0.3 is 0 Å². The second kappa shape index (κ2) is 5.51. The van der Waals surface area contributed by atoms with Crippen LogP contribution in [0.4, 0.5) is 0 Å². The van der Waals surface area contributed by atoms with Crippen LogP contribution in [0.1, 0.15) is 26.5 Å². The summed E-state index contributed by atoms with van der Waals surface area (Å²) in [5, 5.41) is 8.67. The van der Waals surface area contributed by atoms with Gasteiger partial charge in [0.15, 0.2) is 0 Å². The van der Waals surface area contributed by atoms with Crippen LogP contribution in [0.3, 0.4) is 0 Å². The molecular formula is C13H17N3O2S. The normalized spacial score (nSPS) is 12.2. The van der Waals surface area contributed by atoms with Crippen molar-refractivity contribution in [1.82, 2.24) is 9.29 Å². The maximum absolute atomic E-state index is 12.5. The van der Waals surface area contributed by atoms with Crippen LogP contribution in [-0.2, 0) is 10.0 Å². The number of sulfonamides is 1.